The van der Waals surface area contributed by atoms with Gasteiger partial charge >= 0.3 is 0 Å². The van der Waals surface area contributed by atoms with Gasteiger partial charge in [-0.1, -0.05) is 101 Å². The molecule has 0 unspecified atom stereocenters. The van der Waals surface area contributed by atoms with Crippen LogP contribution in [0, 0.1) is 0 Å². The van der Waals surface area contributed by atoms with E-state index in [1.807, 2.05) is 0 Å². The fourth-order valence-corrected chi connectivity index (χ4v) is 6.21. The number of benzene rings is 3. The van der Waals surface area contributed by atoms with Gasteiger partial charge in [0.2, 0.25) is 0 Å². The van der Waals surface area contributed by atoms with Crippen LogP contribution in [0.5, 0.6) is 0 Å². The number of unbranched alkanes of at least 4 members (excludes halogenated alkanes) is 5. The average Bonchev–Trinajstić information content (AvgIpc) is 2.83. The van der Waals surface area contributed by atoms with Crippen molar-refractivity contribution in [2.24, 2.45) is 0 Å². The van der Waals surface area contributed by atoms with Gasteiger partial charge in [0.1, 0.15) is 0 Å². The van der Waals surface area contributed by atoms with Crippen molar-refractivity contribution < 1.29 is 13.0 Å². The Labute approximate surface area is 209 Å². The molecule has 0 aliphatic carbocycles. The van der Waals surface area contributed by atoms with Crippen LogP contribution in [0.1, 0.15) is 70.8 Å². The number of hydrogen-bond donors (Lipinski definition) is 0. The summed E-state index contributed by atoms with van der Waals surface area (Å²) >= 11 is 0. The molecule has 0 saturated heterocycles. The summed E-state index contributed by atoms with van der Waals surface area (Å²) in [5.74, 6) is 0.378. The van der Waals surface area contributed by atoms with E-state index in [2.05, 4.69) is 106 Å². The molecule has 5 heteroatoms. The first kappa shape index (κ1) is 28.2. The van der Waals surface area contributed by atoms with Crippen molar-refractivity contribution in [2.45, 2.75) is 79.9 Å². The lowest BCUT2D eigenvalue weighted by Gasteiger charge is -2.09. The monoisotopic (exact) mass is 498 g/mol. The van der Waals surface area contributed by atoms with Gasteiger partial charge in [0.15, 0.2) is 14.7 Å². The first-order valence-electron chi connectivity index (χ1n) is 12.2. The van der Waals surface area contributed by atoms with Crippen LogP contribution in [-0.2, 0) is 21.0 Å². The highest BCUT2D eigenvalue weighted by molar-refractivity contribution is 7.97. The average molecular weight is 499 g/mol. The first-order valence-corrected chi connectivity index (χ1v) is 15.0. The summed E-state index contributed by atoms with van der Waals surface area (Å²) in [7, 11) is -4.00. The van der Waals surface area contributed by atoms with E-state index in [0.29, 0.717) is 12.3 Å². The molecule has 0 N–H and O–H groups in total. The van der Waals surface area contributed by atoms with Gasteiger partial charge in [0.25, 0.3) is 0 Å². The maximum absolute atomic E-state index is 10.2. The molecule has 0 bridgehead atoms. The fraction of sp³-hybridized carbons (Fsp3) is 0.379. The fourth-order valence-electron chi connectivity index (χ4n) is 3.57. The quantitative estimate of drug-likeness (QED) is 0.154. The van der Waals surface area contributed by atoms with Crippen molar-refractivity contribution in [1.82, 2.24) is 0 Å². The number of hydrogen-bond acceptors (Lipinski definition) is 3. The minimum absolute atomic E-state index is 0.0361. The molecule has 3 aromatic rings. The van der Waals surface area contributed by atoms with Gasteiger partial charge < -0.3 is 4.55 Å². The molecule has 34 heavy (non-hydrogen) atoms. The van der Waals surface area contributed by atoms with Crippen molar-refractivity contribution in [3.05, 3.63) is 90.5 Å². The van der Waals surface area contributed by atoms with Crippen LogP contribution in [0.25, 0.3) is 0 Å². The highest BCUT2D eigenvalue weighted by Gasteiger charge is 2.28. The van der Waals surface area contributed by atoms with E-state index in [-0.39, 0.29) is 16.6 Å². The van der Waals surface area contributed by atoms with E-state index in [1.54, 1.807) is 0 Å². The smallest absolute Gasteiger partial charge is 0.166 e. The van der Waals surface area contributed by atoms with Crippen LogP contribution < -0.4 is 0 Å². The van der Waals surface area contributed by atoms with Crippen molar-refractivity contribution in [3.8, 4) is 0 Å². The van der Waals surface area contributed by atoms with Crippen LogP contribution in [0.4, 0.5) is 0 Å². The van der Waals surface area contributed by atoms with Gasteiger partial charge in [-0.05, 0) is 54.3 Å². The molecule has 0 aliphatic heterocycles. The van der Waals surface area contributed by atoms with Gasteiger partial charge in [-0.3, -0.25) is 0 Å². The molecule has 0 aliphatic rings. The highest BCUT2D eigenvalue weighted by Crippen LogP contribution is 2.31. The van der Waals surface area contributed by atoms with Crippen LogP contribution in [0.2, 0.25) is 0 Å². The molecule has 0 spiro atoms. The Morgan fingerprint density at radius 2 is 1.12 bits per heavy atom. The summed E-state index contributed by atoms with van der Waals surface area (Å²) in [4.78, 5) is 4.11. The minimum Gasteiger partial charge on any atom is -0.748 e. The van der Waals surface area contributed by atoms with Crippen LogP contribution in [0.15, 0.2) is 99.6 Å². The standard InChI is InChI=1S/C21H21S.C8H18O3S/c1-17(2)18-13-15-21(16-14-18)22(19-9-5-3-6-10-19)20-11-7-4-8-12-20;1-2-3-4-5-6-7-8-12(9,10)11/h3-17H,1-2H3;2-8H2,1H3,(H,9,10,11)/q+1;/p-1. The lowest BCUT2D eigenvalue weighted by atomic mass is 10.0. The molecular weight excluding hydrogens is 460 g/mol. The van der Waals surface area contributed by atoms with Gasteiger partial charge in [-0.25, -0.2) is 8.42 Å². The summed E-state index contributed by atoms with van der Waals surface area (Å²) in [6.45, 7) is 6.61. The lowest BCUT2D eigenvalue weighted by molar-refractivity contribution is 0.459. The second kappa shape index (κ2) is 15.0. The van der Waals surface area contributed by atoms with Crippen LogP contribution in [-0.4, -0.2) is 18.7 Å². The van der Waals surface area contributed by atoms with E-state index in [4.69, 9.17) is 0 Å². The Morgan fingerprint density at radius 1 is 0.676 bits per heavy atom. The predicted molar refractivity (Wildman–Crippen MR) is 144 cm³/mol. The van der Waals surface area contributed by atoms with Gasteiger partial charge in [-0.2, -0.15) is 0 Å². The summed E-state index contributed by atoms with van der Waals surface area (Å²) in [6.07, 6.45) is 5.96. The zero-order valence-electron chi connectivity index (χ0n) is 20.7. The predicted octanol–water partition coefficient (Wildman–Crippen LogP) is 7.80. The van der Waals surface area contributed by atoms with Gasteiger partial charge in [0.05, 0.1) is 21.0 Å². The van der Waals surface area contributed by atoms with E-state index in [0.717, 1.165) is 19.3 Å². The molecule has 0 fully saturated rings. The van der Waals surface area contributed by atoms with Crippen molar-refractivity contribution in [2.75, 3.05) is 5.75 Å². The van der Waals surface area contributed by atoms with Crippen LogP contribution in [0.3, 0.4) is 0 Å². The molecule has 0 saturated carbocycles. The van der Waals surface area contributed by atoms with Gasteiger partial charge in [-0.15, -0.1) is 0 Å². The third kappa shape index (κ3) is 10.5. The molecule has 0 radical (unpaired) electrons. The summed E-state index contributed by atoms with van der Waals surface area (Å²) in [5, 5.41) is 0. The lowest BCUT2D eigenvalue weighted by Crippen LogP contribution is -2.04. The molecule has 3 nitrogen and oxygen atoms in total. The Kier molecular flexibility index (Phi) is 12.4. The van der Waals surface area contributed by atoms with E-state index in [1.165, 1.54) is 33.1 Å². The van der Waals surface area contributed by atoms with Crippen molar-refractivity contribution in [3.63, 3.8) is 0 Å². The van der Waals surface area contributed by atoms with Crippen molar-refractivity contribution >= 4 is 21.0 Å². The minimum atomic E-state index is -3.97. The topological polar surface area (TPSA) is 57.2 Å². The van der Waals surface area contributed by atoms with E-state index in [9.17, 15) is 13.0 Å². The SMILES string of the molecule is CC(C)c1ccc([S+](c2ccccc2)c2ccccc2)cc1.CCCCCCCCS(=O)(=O)[O-]. The molecule has 3 rings (SSSR count). The number of rotatable bonds is 11. The molecule has 0 aromatic heterocycles. The molecule has 3 aromatic carbocycles. The van der Waals surface area contributed by atoms with Crippen LogP contribution >= 0.6 is 0 Å². The Bertz CT molecular complexity index is 992. The Morgan fingerprint density at radius 3 is 1.56 bits per heavy atom. The molecule has 0 amide bonds. The summed E-state index contributed by atoms with van der Waals surface area (Å²) < 4.78 is 30.5. The molecule has 0 atom stereocenters. The summed E-state index contributed by atoms with van der Waals surface area (Å²) in [5.41, 5.74) is 1.40. The van der Waals surface area contributed by atoms with E-state index >= 15 is 0 Å². The maximum Gasteiger partial charge on any atom is 0.166 e. The molecule has 0 heterocycles. The summed E-state index contributed by atoms with van der Waals surface area (Å²) in [6, 6.07) is 30.7. The zero-order valence-corrected chi connectivity index (χ0v) is 22.3. The zero-order chi connectivity index (χ0) is 24.8. The maximum atomic E-state index is 10.2. The largest absolute Gasteiger partial charge is 0.748 e. The second-order valence-electron chi connectivity index (χ2n) is 8.69. The van der Waals surface area contributed by atoms with Crippen molar-refractivity contribution in [1.29, 1.82) is 0 Å². The Balaban J connectivity index is 0.000000292. The normalized spacial score (nSPS) is 11.4. The highest BCUT2D eigenvalue weighted by atomic mass is 32.2. The Hall–Kier alpha value is -2.08. The van der Waals surface area contributed by atoms with E-state index < -0.39 is 10.1 Å². The second-order valence-corrected chi connectivity index (χ2v) is 12.2. The first-order chi connectivity index (χ1) is 16.3. The molecule has 184 valence electrons. The molecular formula is C29H38O3S2. The third-order valence-corrected chi connectivity index (χ3v) is 8.51. The third-order valence-electron chi connectivity index (χ3n) is 5.49. The van der Waals surface area contributed by atoms with Gasteiger partial charge in [0, 0.05) is 5.75 Å².